The Kier molecular flexibility index (Phi) is 2.77. The van der Waals surface area contributed by atoms with Crippen LogP contribution in [0.5, 0.6) is 0 Å². The van der Waals surface area contributed by atoms with Crippen LogP contribution in [-0.4, -0.2) is 28.1 Å². The van der Waals surface area contributed by atoms with Gasteiger partial charge in [-0.3, -0.25) is 10.2 Å². The fourth-order valence-corrected chi connectivity index (χ4v) is 2.59. The van der Waals surface area contributed by atoms with E-state index in [9.17, 15) is 9.90 Å². The van der Waals surface area contributed by atoms with Gasteiger partial charge in [0.05, 0.1) is 6.21 Å². The highest BCUT2D eigenvalue weighted by molar-refractivity contribution is 6.17. The number of benzene rings is 2. The van der Waals surface area contributed by atoms with Gasteiger partial charge in [0.2, 0.25) is 0 Å². The molecule has 0 radical (unpaired) electrons. The highest BCUT2D eigenvalue weighted by atomic mass is 16.3. The molecule has 2 N–H and O–H groups in total. The molecule has 6 heteroatoms. The van der Waals surface area contributed by atoms with Crippen molar-refractivity contribution in [2.75, 3.05) is 0 Å². The number of aliphatic hydroxyl groups excluding tert-OH is 1. The van der Waals surface area contributed by atoms with Crippen molar-refractivity contribution in [2.24, 2.45) is 10.2 Å². The lowest BCUT2D eigenvalue weighted by molar-refractivity contribution is 0.0823. The van der Waals surface area contributed by atoms with Crippen LogP contribution < -0.4 is 5.43 Å². The van der Waals surface area contributed by atoms with E-state index in [4.69, 9.17) is 0 Å². The Labute approximate surface area is 126 Å². The number of nitrogens with zero attached hydrogens (tertiary/aromatic N) is 3. The van der Waals surface area contributed by atoms with E-state index in [2.05, 4.69) is 15.6 Å². The number of fused-ring (bicyclic) bond motifs is 4. The van der Waals surface area contributed by atoms with Crippen molar-refractivity contribution in [3.8, 4) is 0 Å². The van der Waals surface area contributed by atoms with Gasteiger partial charge in [-0.05, 0) is 6.07 Å². The zero-order valence-electron chi connectivity index (χ0n) is 11.5. The second-order valence-electron chi connectivity index (χ2n) is 5.00. The number of aliphatic hydroxyl groups is 1. The zero-order valence-corrected chi connectivity index (χ0v) is 11.5. The number of nitrogens with one attached hydrogen (secondary N) is 1. The summed E-state index contributed by atoms with van der Waals surface area (Å²) in [6.45, 7) is 0. The first-order valence-corrected chi connectivity index (χ1v) is 6.84. The maximum atomic E-state index is 12.8. The van der Waals surface area contributed by atoms with Crippen molar-refractivity contribution in [3.63, 3.8) is 0 Å². The quantitative estimate of drug-likeness (QED) is 0.771. The summed E-state index contributed by atoms with van der Waals surface area (Å²) in [6, 6.07) is 14.4. The van der Waals surface area contributed by atoms with Gasteiger partial charge in [-0.1, -0.05) is 42.5 Å². The number of carbonyl (C=O) groups excluding carboxylic acids is 1. The van der Waals surface area contributed by atoms with Gasteiger partial charge < -0.3 is 5.11 Å². The molecule has 6 nitrogen and oxygen atoms in total. The average Bonchev–Trinajstić information content (AvgIpc) is 2.57. The Morgan fingerprint density at radius 2 is 1.77 bits per heavy atom. The standard InChI is InChI=1S/C16H12N4O2/c21-15-12-7-3-4-8-13(12)16(22)20-14(18-19-15)11-6-2-1-5-10(11)9-17-20/h1-9,15,19,21H/b18-14-. The molecule has 2 aromatic rings. The molecule has 0 fully saturated rings. The number of amides is 1. The fraction of sp³-hybridized carbons (Fsp3) is 0.0625. The van der Waals surface area contributed by atoms with E-state index in [1.807, 2.05) is 24.3 Å². The molecule has 1 unspecified atom stereocenters. The molecule has 2 aliphatic heterocycles. The van der Waals surface area contributed by atoms with E-state index < -0.39 is 6.23 Å². The Balaban J connectivity index is 1.90. The van der Waals surface area contributed by atoms with Crippen LogP contribution in [0.4, 0.5) is 0 Å². The maximum Gasteiger partial charge on any atom is 0.280 e. The SMILES string of the molecule is O=C1c2ccccc2C(O)N/N=C2/c3ccccc3C=NN12. The largest absolute Gasteiger partial charge is 0.368 e. The van der Waals surface area contributed by atoms with Gasteiger partial charge in [0.15, 0.2) is 12.1 Å². The number of hydrogen-bond acceptors (Lipinski definition) is 5. The Bertz CT molecular complexity index is 828. The van der Waals surface area contributed by atoms with Gasteiger partial charge in [0, 0.05) is 22.3 Å². The van der Waals surface area contributed by atoms with Crippen molar-refractivity contribution < 1.29 is 9.90 Å². The summed E-state index contributed by atoms with van der Waals surface area (Å²) in [7, 11) is 0. The van der Waals surface area contributed by atoms with E-state index in [0.29, 0.717) is 17.0 Å². The first-order chi connectivity index (χ1) is 10.8. The van der Waals surface area contributed by atoms with Crippen molar-refractivity contribution >= 4 is 18.0 Å². The van der Waals surface area contributed by atoms with Crippen molar-refractivity contribution in [3.05, 3.63) is 70.8 Å². The van der Waals surface area contributed by atoms with Crippen molar-refractivity contribution in [1.29, 1.82) is 0 Å². The van der Waals surface area contributed by atoms with Crippen LogP contribution >= 0.6 is 0 Å². The lowest BCUT2D eigenvalue weighted by Crippen LogP contribution is -2.40. The molecule has 1 amide bonds. The van der Waals surface area contributed by atoms with Crippen LogP contribution in [0.3, 0.4) is 0 Å². The Hall–Kier alpha value is -2.99. The molecule has 2 aliphatic rings. The first kappa shape index (κ1) is 12.7. The normalized spacial score (nSPS) is 21.5. The predicted octanol–water partition coefficient (Wildman–Crippen LogP) is 1.43. The maximum absolute atomic E-state index is 12.8. The number of rotatable bonds is 0. The molecule has 2 heterocycles. The monoisotopic (exact) mass is 292 g/mol. The molecule has 0 aliphatic carbocycles. The average molecular weight is 292 g/mol. The van der Waals surface area contributed by atoms with E-state index in [-0.39, 0.29) is 5.91 Å². The molecule has 0 spiro atoms. The molecular weight excluding hydrogens is 280 g/mol. The minimum absolute atomic E-state index is 0.319. The second kappa shape index (κ2) is 4.78. The minimum atomic E-state index is -1.05. The molecule has 0 saturated carbocycles. The third-order valence-corrected chi connectivity index (χ3v) is 3.69. The third-order valence-electron chi connectivity index (χ3n) is 3.69. The summed E-state index contributed by atoms with van der Waals surface area (Å²) in [5.74, 6) is 0.0531. The molecule has 0 bridgehead atoms. The van der Waals surface area contributed by atoms with E-state index in [1.54, 1.807) is 30.5 Å². The number of carbonyl (C=O) groups is 1. The van der Waals surface area contributed by atoms with Gasteiger partial charge in [-0.15, -0.1) is 0 Å². The topological polar surface area (TPSA) is 77.3 Å². The molecule has 22 heavy (non-hydrogen) atoms. The Morgan fingerprint density at radius 1 is 1.05 bits per heavy atom. The van der Waals surface area contributed by atoms with Crippen LogP contribution in [0.15, 0.2) is 58.7 Å². The zero-order chi connectivity index (χ0) is 15.1. The van der Waals surface area contributed by atoms with E-state index in [1.165, 1.54) is 5.01 Å². The minimum Gasteiger partial charge on any atom is -0.368 e. The smallest absolute Gasteiger partial charge is 0.280 e. The fourth-order valence-electron chi connectivity index (χ4n) is 2.59. The van der Waals surface area contributed by atoms with Crippen molar-refractivity contribution in [2.45, 2.75) is 6.23 Å². The summed E-state index contributed by atoms with van der Waals surface area (Å²) in [5, 5.41) is 19.8. The first-order valence-electron chi connectivity index (χ1n) is 6.84. The number of hydrogen-bond donors (Lipinski definition) is 2. The van der Waals surface area contributed by atoms with Crippen LogP contribution in [-0.2, 0) is 0 Å². The van der Waals surface area contributed by atoms with Gasteiger partial charge in [-0.2, -0.15) is 15.2 Å². The summed E-state index contributed by atoms with van der Waals surface area (Å²) in [6.07, 6.45) is 0.584. The third kappa shape index (κ3) is 1.82. The van der Waals surface area contributed by atoms with Crippen LogP contribution in [0.1, 0.15) is 33.3 Å². The van der Waals surface area contributed by atoms with E-state index >= 15 is 0 Å². The number of hydrazone groups is 2. The summed E-state index contributed by atoms with van der Waals surface area (Å²) >= 11 is 0. The lowest BCUT2D eigenvalue weighted by Gasteiger charge is -2.28. The highest BCUT2D eigenvalue weighted by Crippen LogP contribution is 2.24. The molecule has 108 valence electrons. The molecule has 0 saturated heterocycles. The highest BCUT2D eigenvalue weighted by Gasteiger charge is 2.31. The predicted molar refractivity (Wildman–Crippen MR) is 81.3 cm³/mol. The summed E-state index contributed by atoms with van der Waals surface area (Å²) < 4.78 is 0. The molecule has 2 aromatic carbocycles. The summed E-state index contributed by atoms with van der Waals surface area (Å²) in [4.78, 5) is 12.8. The van der Waals surface area contributed by atoms with Gasteiger partial charge >= 0.3 is 0 Å². The van der Waals surface area contributed by atoms with Crippen molar-refractivity contribution in [1.82, 2.24) is 10.4 Å². The molecule has 4 rings (SSSR count). The van der Waals surface area contributed by atoms with Crippen LogP contribution in [0.25, 0.3) is 0 Å². The van der Waals surface area contributed by atoms with Crippen LogP contribution in [0.2, 0.25) is 0 Å². The van der Waals surface area contributed by atoms with Gasteiger partial charge in [-0.25, -0.2) is 0 Å². The second-order valence-corrected chi connectivity index (χ2v) is 5.00. The van der Waals surface area contributed by atoms with E-state index in [0.717, 1.165) is 11.1 Å². The Morgan fingerprint density at radius 3 is 2.64 bits per heavy atom. The van der Waals surface area contributed by atoms with Gasteiger partial charge in [0.1, 0.15) is 0 Å². The molecule has 1 atom stereocenters. The number of amidine groups is 1. The molecular formula is C16H12N4O2. The molecule has 0 aromatic heterocycles. The van der Waals surface area contributed by atoms with Gasteiger partial charge in [0.25, 0.3) is 5.91 Å². The van der Waals surface area contributed by atoms with Crippen LogP contribution in [0, 0.1) is 0 Å². The lowest BCUT2D eigenvalue weighted by atomic mass is 10.0. The summed E-state index contributed by atoms with van der Waals surface area (Å²) in [5.41, 5.74) is 5.20.